The van der Waals surface area contributed by atoms with Gasteiger partial charge in [-0.1, -0.05) is 23.7 Å². The molecule has 2 aromatic rings. The lowest BCUT2D eigenvalue weighted by Crippen LogP contribution is -2.25. The van der Waals surface area contributed by atoms with Gasteiger partial charge in [-0.15, -0.1) is 0 Å². The Balaban J connectivity index is 2.21. The summed E-state index contributed by atoms with van der Waals surface area (Å²) in [7, 11) is 3.16. The molecule has 0 saturated carbocycles. The average Bonchev–Trinajstić information content (AvgIpc) is 2.44. The van der Waals surface area contributed by atoms with Crippen LogP contribution < -0.4 is 10.5 Å². The van der Waals surface area contributed by atoms with Crippen molar-refractivity contribution in [3.05, 3.63) is 57.0 Å². The first kappa shape index (κ1) is 16.4. The standard InChI is InChI=1S/C14H13ClF3N3O/c1-20(11-7-19-21(2)13(22)12(11)15)8-9-3-5-10(6-4-9)14(16,17)18/h3-7H,8H2,1-2H3. The fourth-order valence-corrected chi connectivity index (χ4v) is 2.24. The SMILES string of the molecule is CN(Cc1ccc(C(F)(F)F)cc1)c1cnn(C)c(=O)c1Cl. The number of benzene rings is 1. The van der Waals surface area contributed by atoms with Gasteiger partial charge in [0.1, 0.15) is 5.02 Å². The second kappa shape index (κ2) is 6.00. The highest BCUT2D eigenvalue weighted by Gasteiger charge is 2.29. The van der Waals surface area contributed by atoms with Crippen molar-refractivity contribution in [3.8, 4) is 0 Å². The van der Waals surface area contributed by atoms with Gasteiger partial charge < -0.3 is 4.90 Å². The number of nitrogens with zero attached hydrogens (tertiary/aromatic N) is 3. The first-order chi connectivity index (χ1) is 10.2. The van der Waals surface area contributed by atoms with Gasteiger partial charge >= 0.3 is 6.18 Å². The Labute approximate surface area is 129 Å². The number of aryl methyl sites for hydroxylation is 1. The maximum Gasteiger partial charge on any atom is 0.416 e. The van der Waals surface area contributed by atoms with Gasteiger partial charge in [-0.2, -0.15) is 18.3 Å². The molecule has 2 rings (SSSR count). The molecule has 0 aliphatic carbocycles. The van der Waals surface area contributed by atoms with E-state index in [1.807, 2.05) is 0 Å². The molecular formula is C14H13ClF3N3O. The van der Waals surface area contributed by atoms with Crippen LogP contribution in [0.4, 0.5) is 18.9 Å². The van der Waals surface area contributed by atoms with Crippen LogP contribution in [0.15, 0.2) is 35.3 Å². The summed E-state index contributed by atoms with van der Waals surface area (Å²) in [5, 5.41) is 3.90. The minimum Gasteiger partial charge on any atom is -0.368 e. The number of anilines is 1. The molecule has 0 N–H and O–H groups in total. The van der Waals surface area contributed by atoms with Gasteiger partial charge in [0.05, 0.1) is 17.4 Å². The van der Waals surface area contributed by atoms with Crippen molar-refractivity contribution < 1.29 is 13.2 Å². The fraction of sp³-hybridized carbons (Fsp3) is 0.286. The molecule has 0 aliphatic heterocycles. The van der Waals surface area contributed by atoms with Gasteiger partial charge in [-0.05, 0) is 17.7 Å². The van der Waals surface area contributed by atoms with E-state index in [0.29, 0.717) is 17.8 Å². The summed E-state index contributed by atoms with van der Waals surface area (Å²) in [4.78, 5) is 13.4. The zero-order valence-corrected chi connectivity index (χ0v) is 12.6. The number of rotatable bonds is 3. The minimum atomic E-state index is -4.36. The lowest BCUT2D eigenvalue weighted by molar-refractivity contribution is -0.137. The van der Waals surface area contributed by atoms with Crippen molar-refractivity contribution in [2.75, 3.05) is 11.9 Å². The molecule has 0 fully saturated rings. The molecule has 0 unspecified atom stereocenters. The lowest BCUT2D eigenvalue weighted by atomic mass is 10.1. The normalized spacial score (nSPS) is 11.5. The quantitative estimate of drug-likeness (QED) is 0.867. The summed E-state index contributed by atoms with van der Waals surface area (Å²) in [6, 6.07) is 4.82. The summed E-state index contributed by atoms with van der Waals surface area (Å²) in [5.74, 6) is 0. The van der Waals surface area contributed by atoms with Gasteiger partial charge in [0.25, 0.3) is 5.56 Å². The highest BCUT2D eigenvalue weighted by molar-refractivity contribution is 6.32. The highest BCUT2D eigenvalue weighted by atomic mass is 35.5. The van der Waals surface area contributed by atoms with Gasteiger partial charge in [-0.3, -0.25) is 4.79 Å². The third-order valence-electron chi connectivity index (χ3n) is 3.17. The average molecular weight is 332 g/mol. The lowest BCUT2D eigenvalue weighted by Gasteiger charge is -2.20. The second-order valence-corrected chi connectivity index (χ2v) is 5.20. The number of hydrogen-bond donors (Lipinski definition) is 0. The Morgan fingerprint density at radius 1 is 1.27 bits per heavy atom. The largest absolute Gasteiger partial charge is 0.416 e. The fourth-order valence-electron chi connectivity index (χ4n) is 1.93. The Kier molecular flexibility index (Phi) is 4.46. The molecule has 0 spiro atoms. The van der Waals surface area contributed by atoms with Gasteiger partial charge in [0.15, 0.2) is 0 Å². The van der Waals surface area contributed by atoms with Crippen LogP contribution in [0.5, 0.6) is 0 Å². The van der Waals surface area contributed by atoms with Gasteiger partial charge in [0.2, 0.25) is 0 Å². The van der Waals surface area contributed by atoms with Crippen molar-refractivity contribution in [1.82, 2.24) is 9.78 Å². The van der Waals surface area contributed by atoms with Crippen LogP contribution in [0.3, 0.4) is 0 Å². The van der Waals surface area contributed by atoms with Crippen LogP contribution in [0.1, 0.15) is 11.1 Å². The van der Waals surface area contributed by atoms with E-state index in [9.17, 15) is 18.0 Å². The molecule has 22 heavy (non-hydrogen) atoms. The third-order valence-corrected chi connectivity index (χ3v) is 3.53. The van der Waals surface area contributed by atoms with Crippen LogP contribution in [0, 0.1) is 0 Å². The smallest absolute Gasteiger partial charge is 0.368 e. The van der Waals surface area contributed by atoms with Crippen LogP contribution in [0.2, 0.25) is 5.02 Å². The summed E-state index contributed by atoms with van der Waals surface area (Å²) in [6.07, 6.45) is -2.92. The molecular weight excluding hydrogens is 319 g/mol. The number of alkyl halides is 3. The van der Waals surface area contributed by atoms with E-state index in [-0.39, 0.29) is 5.02 Å². The number of aromatic nitrogens is 2. The van der Waals surface area contributed by atoms with E-state index in [1.54, 1.807) is 11.9 Å². The maximum absolute atomic E-state index is 12.5. The van der Waals surface area contributed by atoms with E-state index >= 15 is 0 Å². The predicted octanol–water partition coefficient (Wildman–Crippen LogP) is 3.09. The highest BCUT2D eigenvalue weighted by Crippen LogP contribution is 2.29. The van der Waals surface area contributed by atoms with Crippen LogP contribution >= 0.6 is 11.6 Å². The summed E-state index contributed by atoms with van der Waals surface area (Å²) in [5.41, 5.74) is -0.0532. The molecule has 0 atom stereocenters. The zero-order chi connectivity index (χ0) is 16.5. The molecule has 0 saturated heterocycles. The van der Waals surface area contributed by atoms with Crippen LogP contribution in [0.25, 0.3) is 0 Å². The van der Waals surface area contributed by atoms with Gasteiger partial charge in [-0.25, -0.2) is 4.68 Å². The van der Waals surface area contributed by atoms with Crippen molar-refractivity contribution in [1.29, 1.82) is 0 Å². The van der Waals surface area contributed by atoms with Crippen molar-refractivity contribution >= 4 is 17.3 Å². The Morgan fingerprint density at radius 2 is 1.86 bits per heavy atom. The van der Waals surface area contributed by atoms with E-state index in [0.717, 1.165) is 16.8 Å². The first-order valence-corrected chi connectivity index (χ1v) is 6.67. The summed E-state index contributed by atoms with van der Waals surface area (Å²) < 4.78 is 38.6. The molecule has 118 valence electrons. The molecule has 8 heteroatoms. The van der Waals surface area contributed by atoms with Crippen molar-refractivity contribution in [2.24, 2.45) is 7.05 Å². The molecule has 0 radical (unpaired) electrons. The molecule has 0 amide bonds. The Hall–Kier alpha value is -2.02. The summed E-state index contributed by atoms with van der Waals surface area (Å²) in [6.45, 7) is 0.298. The van der Waals surface area contributed by atoms with E-state index in [1.165, 1.54) is 25.4 Å². The topological polar surface area (TPSA) is 38.1 Å². The second-order valence-electron chi connectivity index (χ2n) is 4.82. The number of halogens is 4. The van der Waals surface area contributed by atoms with E-state index < -0.39 is 17.3 Å². The molecule has 1 aromatic carbocycles. The van der Waals surface area contributed by atoms with Crippen LogP contribution in [-0.4, -0.2) is 16.8 Å². The third kappa shape index (κ3) is 3.41. The maximum atomic E-state index is 12.5. The Bertz CT molecular complexity index is 726. The first-order valence-electron chi connectivity index (χ1n) is 6.29. The molecule has 4 nitrogen and oxygen atoms in total. The number of hydrogen-bond acceptors (Lipinski definition) is 3. The predicted molar refractivity (Wildman–Crippen MR) is 78.0 cm³/mol. The Morgan fingerprint density at radius 3 is 2.41 bits per heavy atom. The molecule has 1 aromatic heterocycles. The molecule has 0 bridgehead atoms. The summed E-state index contributed by atoms with van der Waals surface area (Å²) >= 11 is 5.98. The van der Waals surface area contributed by atoms with E-state index in [4.69, 9.17) is 11.6 Å². The van der Waals surface area contributed by atoms with Gasteiger partial charge in [0, 0.05) is 20.6 Å². The zero-order valence-electron chi connectivity index (χ0n) is 11.9. The van der Waals surface area contributed by atoms with Crippen molar-refractivity contribution in [3.63, 3.8) is 0 Å². The van der Waals surface area contributed by atoms with Crippen LogP contribution in [-0.2, 0) is 19.8 Å². The van der Waals surface area contributed by atoms with Crippen molar-refractivity contribution in [2.45, 2.75) is 12.7 Å². The molecule has 1 heterocycles. The molecule has 0 aliphatic rings. The minimum absolute atomic E-state index is 0.0203. The monoisotopic (exact) mass is 331 g/mol. The van der Waals surface area contributed by atoms with E-state index in [2.05, 4.69) is 5.10 Å².